The van der Waals surface area contributed by atoms with Crippen LogP contribution in [0, 0.1) is 28.1 Å². The van der Waals surface area contributed by atoms with Crippen molar-refractivity contribution in [3.8, 4) is 12.1 Å². The summed E-state index contributed by atoms with van der Waals surface area (Å²) >= 11 is 0. The first-order valence-electron chi connectivity index (χ1n) is 4.57. The largest absolute Gasteiger partial charge is 0.298 e. The van der Waals surface area contributed by atoms with Gasteiger partial charge in [0.05, 0.1) is 12.1 Å². The fraction of sp³-hybridized carbons (Fsp3) is 0.700. The molecule has 1 saturated carbocycles. The number of carbonyl (C=O) groups is 1. The normalized spacial score (nSPS) is 27.7. The number of Topliss-reactive ketones (excluding diaryl/α,β-unsaturated/α-hetero) is 1. The van der Waals surface area contributed by atoms with Gasteiger partial charge in [0.15, 0.2) is 5.78 Å². The summed E-state index contributed by atoms with van der Waals surface area (Å²) in [6.07, 6.45) is 3.71. The number of ketones is 1. The molecule has 1 atom stereocenters. The Kier molecular flexibility index (Phi) is 3.03. The Labute approximate surface area is 78.0 Å². The Morgan fingerprint density at radius 2 is 2.15 bits per heavy atom. The Morgan fingerprint density at radius 1 is 1.38 bits per heavy atom. The molecular formula is C10H12N2O. The predicted molar refractivity (Wildman–Crippen MR) is 46.4 cm³/mol. The van der Waals surface area contributed by atoms with E-state index in [9.17, 15) is 4.79 Å². The topological polar surface area (TPSA) is 64.7 Å². The summed E-state index contributed by atoms with van der Waals surface area (Å²) in [4.78, 5) is 11.5. The second kappa shape index (κ2) is 4.05. The summed E-state index contributed by atoms with van der Waals surface area (Å²) in [6.45, 7) is 0. The molecule has 0 heterocycles. The van der Waals surface area contributed by atoms with Gasteiger partial charge < -0.3 is 0 Å². The van der Waals surface area contributed by atoms with E-state index in [4.69, 9.17) is 10.5 Å². The highest BCUT2D eigenvalue weighted by atomic mass is 16.1. The van der Waals surface area contributed by atoms with Crippen LogP contribution >= 0.6 is 0 Å². The van der Waals surface area contributed by atoms with Crippen molar-refractivity contribution in [3.63, 3.8) is 0 Å². The van der Waals surface area contributed by atoms with Gasteiger partial charge in [-0.1, -0.05) is 6.42 Å². The zero-order valence-electron chi connectivity index (χ0n) is 7.55. The van der Waals surface area contributed by atoms with Gasteiger partial charge in [-0.25, -0.2) is 0 Å². The van der Waals surface area contributed by atoms with Gasteiger partial charge in [-0.3, -0.25) is 4.79 Å². The molecule has 13 heavy (non-hydrogen) atoms. The molecule has 0 radical (unpaired) electrons. The monoisotopic (exact) mass is 176 g/mol. The van der Waals surface area contributed by atoms with Crippen LogP contribution in [0.5, 0.6) is 0 Å². The van der Waals surface area contributed by atoms with E-state index in [1.807, 2.05) is 6.07 Å². The number of carbonyl (C=O) groups excluding carboxylic acids is 1. The van der Waals surface area contributed by atoms with Gasteiger partial charge in [0.2, 0.25) is 0 Å². The molecule has 0 spiro atoms. The van der Waals surface area contributed by atoms with Crippen LogP contribution < -0.4 is 0 Å². The van der Waals surface area contributed by atoms with Crippen molar-refractivity contribution in [1.82, 2.24) is 0 Å². The second-order valence-corrected chi connectivity index (χ2v) is 3.48. The van der Waals surface area contributed by atoms with Gasteiger partial charge in [0.1, 0.15) is 5.41 Å². The molecule has 1 aliphatic carbocycles. The predicted octanol–water partition coefficient (Wildman–Crippen LogP) is 1.94. The average Bonchev–Trinajstić information content (AvgIpc) is 2.17. The van der Waals surface area contributed by atoms with E-state index >= 15 is 0 Å². The van der Waals surface area contributed by atoms with Crippen LogP contribution in [-0.2, 0) is 4.79 Å². The lowest BCUT2D eigenvalue weighted by molar-refractivity contribution is -0.128. The third kappa shape index (κ3) is 1.87. The van der Waals surface area contributed by atoms with Crippen LogP contribution in [-0.4, -0.2) is 5.78 Å². The number of nitriles is 2. The van der Waals surface area contributed by atoms with Gasteiger partial charge in [0, 0.05) is 12.8 Å². The standard InChI is InChI=1S/C10H12N2O/c11-7-3-6-10(8-12)5-2-1-4-9(10)13/h1-6H2/t10-/m1/s1. The SMILES string of the molecule is N#CCC[C@@]1(C#N)CCCCC1=O. The molecule has 0 unspecified atom stereocenters. The highest BCUT2D eigenvalue weighted by Gasteiger charge is 2.39. The van der Waals surface area contributed by atoms with Crippen molar-refractivity contribution >= 4 is 5.78 Å². The van der Waals surface area contributed by atoms with Crippen LogP contribution in [0.25, 0.3) is 0 Å². The van der Waals surface area contributed by atoms with Gasteiger partial charge >= 0.3 is 0 Å². The molecule has 1 rings (SSSR count). The first-order chi connectivity index (χ1) is 6.25. The van der Waals surface area contributed by atoms with Crippen LogP contribution in [0.1, 0.15) is 38.5 Å². The summed E-state index contributed by atoms with van der Waals surface area (Å²) in [5.41, 5.74) is -0.825. The fourth-order valence-corrected chi connectivity index (χ4v) is 1.80. The minimum absolute atomic E-state index is 0.0384. The molecule has 0 saturated heterocycles. The third-order valence-corrected chi connectivity index (χ3v) is 2.67. The van der Waals surface area contributed by atoms with Gasteiger partial charge in [0.25, 0.3) is 0 Å². The van der Waals surface area contributed by atoms with E-state index in [1.165, 1.54) is 0 Å². The maximum absolute atomic E-state index is 11.5. The van der Waals surface area contributed by atoms with Gasteiger partial charge in [-0.15, -0.1) is 0 Å². The molecule has 0 aromatic heterocycles. The van der Waals surface area contributed by atoms with Gasteiger partial charge in [-0.2, -0.15) is 10.5 Å². The van der Waals surface area contributed by atoms with Crippen molar-refractivity contribution in [2.24, 2.45) is 5.41 Å². The molecule has 1 aliphatic rings. The van der Waals surface area contributed by atoms with Crippen LogP contribution in [0.15, 0.2) is 0 Å². The molecule has 0 amide bonds. The summed E-state index contributed by atoms with van der Waals surface area (Å²) in [7, 11) is 0. The Balaban J connectivity index is 2.73. The maximum Gasteiger partial charge on any atom is 0.153 e. The molecule has 1 fully saturated rings. The van der Waals surface area contributed by atoms with Crippen molar-refractivity contribution in [2.45, 2.75) is 38.5 Å². The van der Waals surface area contributed by atoms with E-state index in [0.29, 0.717) is 25.7 Å². The first-order valence-corrected chi connectivity index (χ1v) is 4.57. The quantitative estimate of drug-likeness (QED) is 0.645. The van der Waals surface area contributed by atoms with Crippen molar-refractivity contribution in [1.29, 1.82) is 10.5 Å². The van der Waals surface area contributed by atoms with Crippen LogP contribution in [0.4, 0.5) is 0 Å². The third-order valence-electron chi connectivity index (χ3n) is 2.67. The number of rotatable bonds is 2. The smallest absolute Gasteiger partial charge is 0.153 e. The lowest BCUT2D eigenvalue weighted by Gasteiger charge is -2.27. The van der Waals surface area contributed by atoms with Crippen molar-refractivity contribution in [3.05, 3.63) is 0 Å². The first kappa shape index (κ1) is 9.74. The minimum Gasteiger partial charge on any atom is -0.298 e. The van der Waals surface area contributed by atoms with Gasteiger partial charge in [-0.05, 0) is 19.3 Å². The van der Waals surface area contributed by atoms with E-state index < -0.39 is 5.41 Å². The minimum atomic E-state index is -0.825. The zero-order valence-corrected chi connectivity index (χ0v) is 7.55. The van der Waals surface area contributed by atoms with E-state index in [2.05, 4.69) is 6.07 Å². The fourth-order valence-electron chi connectivity index (χ4n) is 1.80. The molecule has 0 aromatic rings. The van der Waals surface area contributed by atoms with E-state index in [-0.39, 0.29) is 5.78 Å². The van der Waals surface area contributed by atoms with Crippen molar-refractivity contribution < 1.29 is 4.79 Å². The average molecular weight is 176 g/mol. The zero-order chi connectivity index (χ0) is 9.73. The Bertz CT molecular complexity index is 284. The molecule has 0 aliphatic heterocycles. The summed E-state index contributed by atoms with van der Waals surface area (Å²) in [5.74, 6) is 0.0384. The molecule has 0 bridgehead atoms. The summed E-state index contributed by atoms with van der Waals surface area (Å²) < 4.78 is 0. The molecule has 68 valence electrons. The van der Waals surface area contributed by atoms with E-state index in [0.717, 1.165) is 12.8 Å². The van der Waals surface area contributed by atoms with Crippen molar-refractivity contribution in [2.75, 3.05) is 0 Å². The highest BCUT2D eigenvalue weighted by Crippen LogP contribution is 2.36. The molecule has 3 heteroatoms. The number of hydrogen-bond donors (Lipinski definition) is 0. The lowest BCUT2D eigenvalue weighted by Crippen LogP contribution is -2.32. The summed E-state index contributed by atoms with van der Waals surface area (Å²) in [5, 5.41) is 17.4. The Morgan fingerprint density at radius 3 is 2.69 bits per heavy atom. The molecular weight excluding hydrogens is 164 g/mol. The molecule has 3 nitrogen and oxygen atoms in total. The van der Waals surface area contributed by atoms with Crippen LogP contribution in [0.3, 0.4) is 0 Å². The number of nitrogens with zero attached hydrogens (tertiary/aromatic N) is 2. The highest BCUT2D eigenvalue weighted by molar-refractivity contribution is 5.88. The Hall–Kier alpha value is -1.35. The molecule has 0 aromatic carbocycles. The second-order valence-electron chi connectivity index (χ2n) is 3.48. The summed E-state index contributed by atoms with van der Waals surface area (Å²) in [6, 6.07) is 4.09. The lowest BCUT2D eigenvalue weighted by atomic mass is 9.71. The maximum atomic E-state index is 11.5. The van der Waals surface area contributed by atoms with Crippen LogP contribution in [0.2, 0.25) is 0 Å². The molecule has 0 N–H and O–H groups in total. The van der Waals surface area contributed by atoms with E-state index in [1.54, 1.807) is 0 Å². The number of hydrogen-bond acceptors (Lipinski definition) is 3.